The highest BCUT2D eigenvalue weighted by Gasteiger charge is 2.21. The summed E-state index contributed by atoms with van der Waals surface area (Å²) in [7, 11) is 0. The summed E-state index contributed by atoms with van der Waals surface area (Å²) in [6, 6.07) is 11.5. The number of hydrogen-bond donors (Lipinski definition) is 1. The number of aromatic nitrogens is 1. The third-order valence-electron chi connectivity index (χ3n) is 5.52. The molecule has 0 bridgehead atoms. The minimum atomic E-state index is -2.96. The van der Waals surface area contributed by atoms with E-state index in [0.717, 1.165) is 19.3 Å². The van der Waals surface area contributed by atoms with E-state index in [1.54, 1.807) is 36.4 Å². The van der Waals surface area contributed by atoms with Crippen molar-refractivity contribution in [3.05, 3.63) is 60.0 Å². The highest BCUT2D eigenvalue weighted by atomic mass is 19.3. The van der Waals surface area contributed by atoms with Crippen molar-refractivity contribution in [3.63, 3.8) is 0 Å². The first-order chi connectivity index (χ1) is 16.5. The number of amides is 1. The van der Waals surface area contributed by atoms with Gasteiger partial charge < -0.3 is 23.9 Å². The molecule has 0 unspecified atom stereocenters. The van der Waals surface area contributed by atoms with E-state index in [1.165, 1.54) is 12.3 Å². The van der Waals surface area contributed by atoms with Gasteiger partial charge in [-0.05, 0) is 56.0 Å². The molecule has 3 aromatic rings. The van der Waals surface area contributed by atoms with Gasteiger partial charge >= 0.3 is 6.61 Å². The van der Waals surface area contributed by atoms with Crippen molar-refractivity contribution in [2.75, 3.05) is 13.2 Å². The average Bonchev–Trinajstić information content (AvgIpc) is 3.27. The maximum absolute atomic E-state index is 12.8. The van der Waals surface area contributed by atoms with E-state index < -0.39 is 6.61 Å². The number of oxazole rings is 1. The van der Waals surface area contributed by atoms with Gasteiger partial charge in [-0.1, -0.05) is 18.6 Å². The highest BCUT2D eigenvalue weighted by Crippen LogP contribution is 2.35. The van der Waals surface area contributed by atoms with Crippen molar-refractivity contribution < 1.29 is 32.2 Å². The summed E-state index contributed by atoms with van der Waals surface area (Å²) >= 11 is 0. The van der Waals surface area contributed by atoms with Gasteiger partial charge in [-0.3, -0.25) is 4.79 Å². The standard InChI is InChI=1S/C25H26F2N2O5/c1-2-31-20-9-4-3-8-19(20)23(30)28-13-18-15-33-24(29-18)17-10-11-21(34-25(26)27)22(12-17)32-14-16-6-5-7-16/h3-4,8-12,15-16,25H,2,5-7,13-14H2,1H3,(H,28,30). The van der Waals surface area contributed by atoms with Crippen LogP contribution in [0.15, 0.2) is 53.1 Å². The average molecular weight is 472 g/mol. The minimum absolute atomic E-state index is 0.0370. The molecular weight excluding hydrogens is 446 g/mol. The van der Waals surface area contributed by atoms with E-state index in [2.05, 4.69) is 15.0 Å². The van der Waals surface area contributed by atoms with Gasteiger partial charge in [0.25, 0.3) is 5.91 Å². The molecule has 1 aliphatic carbocycles. The summed E-state index contributed by atoms with van der Waals surface area (Å²) in [4.78, 5) is 17.0. The lowest BCUT2D eigenvalue weighted by atomic mass is 9.86. The largest absolute Gasteiger partial charge is 0.493 e. The second-order valence-electron chi connectivity index (χ2n) is 7.90. The summed E-state index contributed by atoms with van der Waals surface area (Å²) < 4.78 is 47.0. The van der Waals surface area contributed by atoms with E-state index >= 15 is 0 Å². The summed E-state index contributed by atoms with van der Waals surface area (Å²) in [5.41, 5.74) is 1.47. The number of benzene rings is 2. The second kappa shape index (κ2) is 11.0. The first kappa shape index (κ1) is 23.5. The monoisotopic (exact) mass is 472 g/mol. The lowest BCUT2D eigenvalue weighted by Gasteiger charge is -2.25. The number of hydrogen-bond acceptors (Lipinski definition) is 6. The number of para-hydroxylation sites is 1. The molecule has 1 saturated carbocycles. The fraction of sp³-hybridized carbons (Fsp3) is 0.360. The SMILES string of the molecule is CCOc1ccccc1C(=O)NCc1coc(-c2ccc(OC(F)F)c(OCC3CCC3)c2)n1. The Morgan fingerprint density at radius 1 is 1.15 bits per heavy atom. The third kappa shape index (κ3) is 5.84. The molecule has 0 radical (unpaired) electrons. The quantitative estimate of drug-likeness (QED) is 0.400. The lowest BCUT2D eigenvalue weighted by molar-refractivity contribution is -0.0517. The Hall–Kier alpha value is -3.62. The van der Waals surface area contributed by atoms with Crippen LogP contribution in [0, 0.1) is 5.92 Å². The molecule has 0 aliphatic heterocycles. The van der Waals surface area contributed by atoms with Gasteiger partial charge in [0.15, 0.2) is 11.5 Å². The van der Waals surface area contributed by atoms with E-state index in [9.17, 15) is 13.6 Å². The van der Waals surface area contributed by atoms with Crippen LogP contribution < -0.4 is 19.5 Å². The molecule has 0 spiro atoms. The van der Waals surface area contributed by atoms with Gasteiger partial charge in [0.1, 0.15) is 12.0 Å². The van der Waals surface area contributed by atoms with E-state index in [0.29, 0.717) is 41.7 Å². The zero-order chi connectivity index (χ0) is 23.9. The predicted octanol–water partition coefficient (Wildman–Crippen LogP) is 5.45. The first-order valence-electron chi connectivity index (χ1n) is 11.2. The van der Waals surface area contributed by atoms with Gasteiger partial charge in [0.2, 0.25) is 5.89 Å². The minimum Gasteiger partial charge on any atom is -0.493 e. The van der Waals surface area contributed by atoms with Crippen molar-refractivity contribution >= 4 is 5.91 Å². The van der Waals surface area contributed by atoms with Gasteiger partial charge in [0.05, 0.1) is 31.0 Å². The number of ether oxygens (including phenoxy) is 3. The molecule has 1 aromatic heterocycles. The van der Waals surface area contributed by atoms with Crippen molar-refractivity contribution in [1.82, 2.24) is 10.3 Å². The van der Waals surface area contributed by atoms with Gasteiger partial charge in [-0.15, -0.1) is 0 Å². The zero-order valence-electron chi connectivity index (χ0n) is 18.8. The van der Waals surface area contributed by atoms with Crippen molar-refractivity contribution in [3.8, 4) is 28.7 Å². The smallest absolute Gasteiger partial charge is 0.387 e. The van der Waals surface area contributed by atoms with Crippen LogP contribution in [0.4, 0.5) is 8.78 Å². The Morgan fingerprint density at radius 3 is 2.71 bits per heavy atom. The normalized spacial score (nSPS) is 13.4. The Balaban J connectivity index is 1.44. The Morgan fingerprint density at radius 2 is 1.97 bits per heavy atom. The molecular formula is C25H26F2N2O5. The molecule has 1 fully saturated rings. The van der Waals surface area contributed by atoms with Crippen molar-refractivity contribution in [1.29, 1.82) is 0 Å². The van der Waals surface area contributed by atoms with Crippen LogP contribution in [0.2, 0.25) is 0 Å². The molecule has 180 valence electrons. The number of halogens is 2. The molecule has 1 aliphatic rings. The zero-order valence-corrected chi connectivity index (χ0v) is 18.8. The summed E-state index contributed by atoms with van der Waals surface area (Å²) in [5.74, 6) is 1.08. The number of nitrogens with zero attached hydrogens (tertiary/aromatic N) is 1. The predicted molar refractivity (Wildman–Crippen MR) is 120 cm³/mol. The molecule has 0 saturated heterocycles. The Labute approximate surface area is 196 Å². The summed E-state index contributed by atoms with van der Waals surface area (Å²) in [6.45, 7) is -0.0802. The summed E-state index contributed by atoms with van der Waals surface area (Å²) in [5, 5.41) is 2.80. The van der Waals surface area contributed by atoms with Crippen LogP contribution >= 0.6 is 0 Å². The van der Waals surface area contributed by atoms with Crippen molar-refractivity contribution in [2.45, 2.75) is 39.3 Å². The highest BCUT2D eigenvalue weighted by molar-refractivity contribution is 5.96. The molecule has 34 heavy (non-hydrogen) atoms. The maximum Gasteiger partial charge on any atom is 0.387 e. The molecule has 7 nitrogen and oxygen atoms in total. The van der Waals surface area contributed by atoms with Crippen LogP contribution in [0.5, 0.6) is 17.2 Å². The van der Waals surface area contributed by atoms with Crippen LogP contribution in [0.3, 0.4) is 0 Å². The third-order valence-corrected chi connectivity index (χ3v) is 5.52. The van der Waals surface area contributed by atoms with Gasteiger partial charge in [-0.25, -0.2) is 4.98 Å². The first-order valence-corrected chi connectivity index (χ1v) is 11.2. The number of carbonyl (C=O) groups is 1. The maximum atomic E-state index is 12.8. The number of alkyl halides is 2. The van der Waals surface area contributed by atoms with Crippen molar-refractivity contribution in [2.24, 2.45) is 5.92 Å². The van der Waals surface area contributed by atoms with E-state index in [-0.39, 0.29) is 29.8 Å². The molecule has 1 amide bonds. The fourth-order valence-corrected chi connectivity index (χ4v) is 3.54. The number of carbonyl (C=O) groups excluding carboxylic acids is 1. The molecule has 9 heteroatoms. The van der Waals surface area contributed by atoms with Crippen LogP contribution in [0.1, 0.15) is 42.2 Å². The van der Waals surface area contributed by atoms with Crippen LogP contribution in [-0.2, 0) is 6.54 Å². The Bertz CT molecular complexity index is 1110. The van der Waals surface area contributed by atoms with Gasteiger partial charge in [-0.2, -0.15) is 8.78 Å². The van der Waals surface area contributed by atoms with Gasteiger partial charge in [0, 0.05) is 5.56 Å². The number of rotatable bonds is 11. The van der Waals surface area contributed by atoms with E-state index in [4.69, 9.17) is 13.9 Å². The lowest BCUT2D eigenvalue weighted by Crippen LogP contribution is -2.23. The second-order valence-corrected chi connectivity index (χ2v) is 7.90. The van der Waals surface area contributed by atoms with Crippen LogP contribution in [0.25, 0.3) is 11.5 Å². The Kier molecular flexibility index (Phi) is 7.61. The summed E-state index contributed by atoms with van der Waals surface area (Å²) in [6.07, 6.45) is 4.72. The molecule has 4 rings (SSSR count). The molecule has 1 N–H and O–H groups in total. The molecule has 0 atom stereocenters. The molecule has 1 heterocycles. The number of nitrogens with one attached hydrogen (secondary N) is 1. The fourth-order valence-electron chi connectivity index (χ4n) is 3.54. The topological polar surface area (TPSA) is 82.8 Å². The van der Waals surface area contributed by atoms with Crippen LogP contribution in [-0.4, -0.2) is 30.7 Å². The van der Waals surface area contributed by atoms with E-state index in [1.807, 2.05) is 6.92 Å². The molecule has 2 aromatic carbocycles.